The fourth-order valence-electron chi connectivity index (χ4n) is 13.1. The maximum Gasteiger partial charge on any atom is 0.220 e. The summed E-state index contributed by atoms with van der Waals surface area (Å²) in [4.78, 5) is 13.4. The third-order valence-electron chi connectivity index (χ3n) is 19.1. The van der Waals surface area contributed by atoms with Crippen LogP contribution in [0.1, 0.15) is 367 Å². The highest BCUT2D eigenvalue weighted by molar-refractivity contribution is 5.76. The Hall–Kier alpha value is -1.01. The topological polar surface area (TPSA) is 228 Å². The Balaban J connectivity index is 1.62. The molecule has 87 heavy (non-hydrogen) atoms. The Bertz CT molecular complexity index is 1460. The number of carbonyl (C=O) groups excluding carboxylic acids is 1. The summed E-state index contributed by atoms with van der Waals surface area (Å²) in [6, 6.07) is -0.825. The molecular weight excluding hydrogens is 1100 g/mol. The van der Waals surface area contributed by atoms with Gasteiger partial charge in [0.15, 0.2) is 12.6 Å². The van der Waals surface area contributed by atoms with Crippen molar-refractivity contribution in [3.63, 3.8) is 0 Å². The molecule has 2 fully saturated rings. The van der Waals surface area contributed by atoms with Gasteiger partial charge in [0.2, 0.25) is 5.91 Å². The molecule has 12 unspecified atom stereocenters. The van der Waals surface area contributed by atoms with E-state index in [1.54, 1.807) is 0 Å². The highest BCUT2D eigenvalue weighted by atomic mass is 16.7. The van der Waals surface area contributed by atoms with Gasteiger partial charge in [0.05, 0.1) is 32.0 Å². The standard InChI is InChI=1S/C73H143NO13/c1-3-5-7-9-11-13-15-17-19-21-23-25-27-28-29-30-31-32-33-35-37-39-41-43-45-47-49-51-53-55-57-65(78)74-61(60-84-72-70(83)68(81)71(64(59-76)86-72)87-73-69(82)67(80)66(79)63(58-75)85-73)62(77)56-54-52-50-48-46-44-42-40-38-36-34-26-24-22-20-18-16-14-12-10-8-6-4-2/h61-64,66-73,75-77,79-83H,3-60H2,1-2H3,(H,74,78). The molecule has 0 aliphatic carbocycles. The monoisotopic (exact) mass is 1240 g/mol. The summed E-state index contributed by atoms with van der Waals surface area (Å²) in [7, 11) is 0. The molecule has 0 saturated carbocycles. The van der Waals surface area contributed by atoms with Gasteiger partial charge in [-0.25, -0.2) is 0 Å². The number of hydrogen-bond donors (Lipinski definition) is 9. The zero-order valence-electron chi connectivity index (χ0n) is 56.6. The Morgan fingerprint density at radius 1 is 0.368 bits per heavy atom. The van der Waals surface area contributed by atoms with Crippen molar-refractivity contribution in [1.29, 1.82) is 0 Å². The number of unbranched alkanes of at least 4 members (excludes halogenated alkanes) is 51. The largest absolute Gasteiger partial charge is 0.394 e. The molecule has 14 heteroatoms. The van der Waals surface area contributed by atoms with Crippen LogP contribution in [0, 0.1) is 0 Å². The highest BCUT2D eigenvalue weighted by Gasteiger charge is 2.51. The van der Waals surface area contributed by atoms with E-state index in [0.29, 0.717) is 12.8 Å². The van der Waals surface area contributed by atoms with Gasteiger partial charge in [-0.05, 0) is 12.8 Å². The molecule has 2 heterocycles. The average molecular weight is 1240 g/mol. The molecule has 2 saturated heterocycles. The van der Waals surface area contributed by atoms with E-state index in [1.165, 1.54) is 289 Å². The first-order chi connectivity index (χ1) is 42.6. The van der Waals surface area contributed by atoms with Crippen molar-refractivity contribution in [3.8, 4) is 0 Å². The summed E-state index contributed by atoms with van der Waals surface area (Å²) in [6.07, 6.45) is 54.2. The van der Waals surface area contributed by atoms with Crippen LogP contribution in [0.3, 0.4) is 0 Å². The van der Waals surface area contributed by atoms with Crippen molar-refractivity contribution in [2.75, 3.05) is 19.8 Å². The van der Waals surface area contributed by atoms with Crippen molar-refractivity contribution in [3.05, 3.63) is 0 Å². The predicted octanol–water partition coefficient (Wildman–Crippen LogP) is 16.0. The van der Waals surface area contributed by atoms with Crippen LogP contribution in [0.4, 0.5) is 0 Å². The zero-order valence-corrected chi connectivity index (χ0v) is 56.6. The Labute approximate surface area is 534 Å². The number of amides is 1. The van der Waals surface area contributed by atoms with Gasteiger partial charge >= 0.3 is 0 Å². The molecular formula is C73H143NO13. The summed E-state index contributed by atoms with van der Waals surface area (Å²) in [5.74, 6) is -0.196. The first-order valence-electron chi connectivity index (χ1n) is 37.8. The lowest BCUT2D eigenvalue weighted by atomic mass is 9.97. The van der Waals surface area contributed by atoms with Crippen LogP contribution in [0.5, 0.6) is 0 Å². The lowest BCUT2D eigenvalue weighted by molar-refractivity contribution is -0.359. The van der Waals surface area contributed by atoms with Crippen molar-refractivity contribution < 1.29 is 64.6 Å². The maximum absolute atomic E-state index is 13.4. The number of aliphatic hydroxyl groups is 8. The van der Waals surface area contributed by atoms with Crippen LogP contribution in [0.2, 0.25) is 0 Å². The maximum atomic E-state index is 13.4. The second-order valence-electron chi connectivity index (χ2n) is 27.1. The SMILES string of the molecule is CCCCCCCCCCCCCCCCCCCCCCCCCCCCCCCCC(=O)NC(COC1OC(CO)C(OC2OC(CO)C(O)C(O)C2O)C(O)C1O)C(O)CCCCCCCCCCCCCCCCCCCCCCCCC. The minimum atomic E-state index is -1.78. The van der Waals surface area contributed by atoms with E-state index in [0.717, 1.165) is 51.4 Å². The first-order valence-corrected chi connectivity index (χ1v) is 37.8. The fourth-order valence-corrected chi connectivity index (χ4v) is 13.1. The molecule has 2 rings (SSSR count). The lowest BCUT2D eigenvalue weighted by Crippen LogP contribution is -2.65. The molecule has 0 aromatic heterocycles. The van der Waals surface area contributed by atoms with Crippen LogP contribution in [-0.4, -0.2) is 140 Å². The molecule has 9 N–H and O–H groups in total. The van der Waals surface area contributed by atoms with Crippen LogP contribution < -0.4 is 5.32 Å². The molecule has 2 aliphatic rings. The van der Waals surface area contributed by atoms with E-state index in [2.05, 4.69) is 19.2 Å². The quantitative estimate of drug-likeness (QED) is 0.0259. The number of ether oxygens (including phenoxy) is 4. The van der Waals surface area contributed by atoms with Gasteiger partial charge in [-0.3, -0.25) is 4.79 Å². The average Bonchev–Trinajstić information content (AvgIpc) is 1.70. The third-order valence-corrected chi connectivity index (χ3v) is 19.1. The molecule has 0 radical (unpaired) electrons. The van der Waals surface area contributed by atoms with E-state index in [-0.39, 0.29) is 12.5 Å². The summed E-state index contributed by atoms with van der Waals surface area (Å²) >= 11 is 0. The van der Waals surface area contributed by atoms with Gasteiger partial charge in [0.1, 0.15) is 48.8 Å². The second kappa shape index (κ2) is 58.8. The number of rotatable bonds is 64. The lowest BCUT2D eigenvalue weighted by Gasteiger charge is -2.46. The van der Waals surface area contributed by atoms with Crippen LogP contribution in [0.25, 0.3) is 0 Å². The van der Waals surface area contributed by atoms with Gasteiger partial charge in [-0.1, -0.05) is 348 Å². The molecule has 0 aromatic rings. The Morgan fingerprint density at radius 3 is 0.977 bits per heavy atom. The van der Waals surface area contributed by atoms with Gasteiger partial charge in [-0.2, -0.15) is 0 Å². The van der Waals surface area contributed by atoms with Crippen LogP contribution in [-0.2, 0) is 23.7 Å². The normalized spacial score (nSPS) is 23.1. The summed E-state index contributed by atoms with van der Waals surface area (Å²) in [6.45, 7) is 2.94. The van der Waals surface area contributed by atoms with Crippen molar-refractivity contribution in [2.24, 2.45) is 0 Å². The summed E-state index contributed by atoms with van der Waals surface area (Å²) in [5, 5.41) is 87.7. The molecule has 14 nitrogen and oxygen atoms in total. The minimum absolute atomic E-state index is 0.196. The molecule has 518 valence electrons. The second-order valence-corrected chi connectivity index (χ2v) is 27.1. The zero-order chi connectivity index (χ0) is 63.1. The highest BCUT2D eigenvalue weighted by Crippen LogP contribution is 2.30. The number of hydrogen-bond acceptors (Lipinski definition) is 13. The number of aliphatic hydroxyl groups excluding tert-OH is 8. The summed E-state index contributed by atoms with van der Waals surface area (Å²) < 4.78 is 23.0. The van der Waals surface area contributed by atoms with E-state index in [1.807, 2.05) is 0 Å². The molecule has 1 amide bonds. The van der Waals surface area contributed by atoms with Crippen molar-refractivity contribution in [2.45, 2.75) is 441 Å². The molecule has 2 aliphatic heterocycles. The van der Waals surface area contributed by atoms with Crippen molar-refractivity contribution >= 4 is 5.91 Å². The molecule has 12 atom stereocenters. The van der Waals surface area contributed by atoms with E-state index >= 15 is 0 Å². The predicted molar refractivity (Wildman–Crippen MR) is 356 cm³/mol. The van der Waals surface area contributed by atoms with Gasteiger partial charge < -0.3 is 65.1 Å². The van der Waals surface area contributed by atoms with E-state index < -0.39 is 86.8 Å². The summed E-state index contributed by atoms with van der Waals surface area (Å²) in [5.41, 5.74) is 0. The number of carbonyl (C=O) groups is 1. The third kappa shape index (κ3) is 42.8. The minimum Gasteiger partial charge on any atom is -0.394 e. The van der Waals surface area contributed by atoms with Crippen molar-refractivity contribution in [1.82, 2.24) is 5.32 Å². The fraction of sp³-hybridized carbons (Fsp3) is 0.986. The molecule has 0 spiro atoms. The van der Waals surface area contributed by atoms with E-state index in [4.69, 9.17) is 18.9 Å². The molecule has 0 aromatic carbocycles. The first kappa shape index (κ1) is 82.1. The smallest absolute Gasteiger partial charge is 0.220 e. The van der Waals surface area contributed by atoms with Crippen LogP contribution in [0.15, 0.2) is 0 Å². The van der Waals surface area contributed by atoms with Gasteiger partial charge in [-0.15, -0.1) is 0 Å². The molecule has 0 bridgehead atoms. The van der Waals surface area contributed by atoms with E-state index in [9.17, 15) is 45.6 Å². The Kier molecular flexibility index (Phi) is 55.5. The van der Waals surface area contributed by atoms with Gasteiger partial charge in [0.25, 0.3) is 0 Å². The van der Waals surface area contributed by atoms with Gasteiger partial charge in [0, 0.05) is 6.42 Å². The van der Waals surface area contributed by atoms with Crippen LogP contribution >= 0.6 is 0 Å². The number of nitrogens with one attached hydrogen (secondary N) is 1. The Morgan fingerprint density at radius 2 is 0.655 bits per heavy atom.